The smallest absolute Gasteiger partial charge is 0.225 e. The SMILES string of the molecule is N[C@H]1CCN(C(=O)C2CCCCCCC2)C1. The summed E-state index contributed by atoms with van der Waals surface area (Å²) in [7, 11) is 0. The number of likely N-dealkylation sites (tertiary alicyclic amines) is 1. The molecule has 0 aromatic carbocycles. The monoisotopic (exact) mass is 224 g/mol. The Morgan fingerprint density at radius 3 is 2.19 bits per heavy atom. The minimum absolute atomic E-state index is 0.220. The first-order valence-corrected chi connectivity index (χ1v) is 6.82. The van der Waals surface area contributed by atoms with E-state index in [4.69, 9.17) is 5.73 Å². The fourth-order valence-electron chi connectivity index (χ4n) is 2.95. The van der Waals surface area contributed by atoms with E-state index in [0.717, 1.165) is 32.4 Å². The Morgan fingerprint density at radius 2 is 1.62 bits per heavy atom. The number of carbonyl (C=O) groups excluding carboxylic acids is 1. The molecule has 1 atom stereocenters. The highest BCUT2D eigenvalue weighted by Crippen LogP contribution is 2.25. The predicted octanol–water partition coefficient (Wildman–Crippen LogP) is 1.91. The number of hydrogen-bond acceptors (Lipinski definition) is 2. The quantitative estimate of drug-likeness (QED) is 0.739. The highest BCUT2D eigenvalue weighted by molar-refractivity contribution is 5.79. The van der Waals surface area contributed by atoms with E-state index >= 15 is 0 Å². The lowest BCUT2D eigenvalue weighted by Gasteiger charge is -2.24. The first-order chi connectivity index (χ1) is 7.77. The van der Waals surface area contributed by atoms with Gasteiger partial charge in [-0.3, -0.25) is 4.79 Å². The first kappa shape index (κ1) is 11.9. The Bertz CT molecular complexity index is 234. The Labute approximate surface area is 98.4 Å². The van der Waals surface area contributed by atoms with Crippen LogP contribution in [0.25, 0.3) is 0 Å². The van der Waals surface area contributed by atoms with Crippen LogP contribution in [0.2, 0.25) is 0 Å². The van der Waals surface area contributed by atoms with Crippen LogP contribution < -0.4 is 5.73 Å². The Hall–Kier alpha value is -0.570. The second-order valence-electron chi connectivity index (χ2n) is 5.38. The summed E-state index contributed by atoms with van der Waals surface area (Å²) < 4.78 is 0. The average molecular weight is 224 g/mol. The van der Waals surface area contributed by atoms with Crippen LogP contribution in [0.1, 0.15) is 51.4 Å². The molecule has 0 unspecified atom stereocenters. The molecule has 0 radical (unpaired) electrons. The van der Waals surface area contributed by atoms with Crippen molar-refractivity contribution in [2.75, 3.05) is 13.1 Å². The van der Waals surface area contributed by atoms with Crippen molar-refractivity contribution in [2.24, 2.45) is 11.7 Å². The molecule has 3 heteroatoms. The normalized spacial score (nSPS) is 28.8. The maximum Gasteiger partial charge on any atom is 0.225 e. The highest BCUT2D eigenvalue weighted by atomic mass is 16.2. The van der Waals surface area contributed by atoms with Gasteiger partial charge >= 0.3 is 0 Å². The van der Waals surface area contributed by atoms with Crippen molar-refractivity contribution in [3.05, 3.63) is 0 Å². The summed E-state index contributed by atoms with van der Waals surface area (Å²) in [5.41, 5.74) is 5.85. The van der Waals surface area contributed by atoms with E-state index in [0.29, 0.717) is 11.8 Å². The number of carbonyl (C=O) groups is 1. The number of amides is 1. The molecule has 1 saturated heterocycles. The van der Waals surface area contributed by atoms with E-state index in [1.54, 1.807) is 0 Å². The molecule has 1 heterocycles. The van der Waals surface area contributed by atoms with Gasteiger partial charge in [0.15, 0.2) is 0 Å². The highest BCUT2D eigenvalue weighted by Gasteiger charge is 2.29. The third kappa shape index (κ3) is 2.97. The van der Waals surface area contributed by atoms with E-state index in [1.807, 2.05) is 4.90 Å². The summed E-state index contributed by atoms with van der Waals surface area (Å²) in [4.78, 5) is 14.3. The van der Waals surface area contributed by atoms with Crippen LogP contribution in [0, 0.1) is 5.92 Å². The van der Waals surface area contributed by atoms with Crippen LogP contribution in [0.4, 0.5) is 0 Å². The molecule has 2 aliphatic rings. The lowest BCUT2D eigenvalue weighted by molar-refractivity contribution is -0.135. The molecule has 1 amide bonds. The van der Waals surface area contributed by atoms with E-state index in [-0.39, 0.29) is 6.04 Å². The van der Waals surface area contributed by atoms with Crippen molar-refractivity contribution < 1.29 is 4.79 Å². The van der Waals surface area contributed by atoms with Gasteiger partial charge in [-0.25, -0.2) is 0 Å². The van der Waals surface area contributed by atoms with Gasteiger partial charge in [0, 0.05) is 25.0 Å². The van der Waals surface area contributed by atoms with Gasteiger partial charge in [-0.05, 0) is 19.3 Å². The van der Waals surface area contributed by atoms with Gasteiger partial charge in [-0.15, -0.1) is 0 Å². The second kappa shape index (κ2) is 5.67. The van der Waals surface area contributed by atoms with Gasteiger partial charge in [-0.2, -0.15) is 0 Å². The van der Waals surface area contributed by atoms with Crippen LogP contribution >= 0.6 is 0 Å². The maximum absolute atomic E-state index is 12.3. The number of nitrogens with zero attached hydrogens (tertiary/aromatic N) is 1. The molecule has 2 N–H and O–H groups in total. The summed E-state index contributed by atoms with van der Waals surface area (Å²) in [6, 6.07) is 0.220. The first-order valence-electron chi connectivity index (χ1n) is 6.82. The van der Waals surface area contributed by atoms with E-state index in [9.17, 15) is 4.79 Å². The van der Waals surface area contributed by atoms with Crippen LogP contribution in [0.3, 0.4) is 0 Å². The molecular formula is C13H24N2O. The van der Waals surface area contributed by atoms with Crippen molar-refractivity contribution in [3.63, 3.8) is 0 Å². The molecule has 1 saturated carbocycles. The van der Waals surface area contributed by atoms with Crippen molar-refractivity contribution in [3.8, 4) is 0 Å². The summed E-state index contributed by atoms with van der Waals surface area (Å²) in [5, 5.41) is 0. The van der Waals surface area contributed by atoms with E-state index in [2.05, 4.69) is 0 Å². The fraction of sp³-hybridized carbons (Fsp3) is 0.923. The van der Waals surface area contributed by atoms with Crippen LogP contribution in [0.15, 0.2) is 0 Å². The molecule has 0 spiro atoms. The number of hydrogen-bond donors (Lipinski definition) is 1. The topological polar surface area (TPSA) is 46.3 Å². The predicted molar refractivity (Wildman–Crippen MR) is 65.0 cm³/mol. The standard InChI is InChI=1S/C13H24N2O/c14-12-8-9-15(10-12)13(16)11-6-4-2-1-3-5-7-11/h11-12H,1-10,14H2/t12-/m0/s1. The molecule has 0 aromatic heterocycles. The van der Waals surface area contributed by atoms with Crippen molar-refractivity contribution >= 4 is 5.91 Å². The summed E-state index contributed by atoms with van der Waals surface area (Å²) in [6.45, 7) is 1.67. The largest absolute Gasteiger partial charge is 0.341 e. The second-order valence-corrected chi connectivity index (χ2v) is 5.38. The third-order valence-corrected chi connectivity index (χ3v) is 3.99. The molecule has 16 heavy (non-hydrogen) atoms. The van der Waals surface area contributed by atoms with Gasteiger partial charge in [0.1, 0.15) is 0 Å². The molecule has 92 valence electrons. The molecule has 1 aliphatic heterocycles. The van der Waals surface area contributed by atoms with Gasteiger partial charge in [0.25, 0.3) is 0 Å². The third-order valence-electron chi connectivity index (χ3n) is 3.99. The van der Waals surface area contributed by atoms with Crippen molar-refractivity contribution in [1.82, 2.24) is 4.90 Å². The van der Waals surface area contributed by atoms with E-state index in [1.165, 1.54) is 32.1 Å². The average Bonchev–Trinajstić information content (AvgIpc) is 2.63. The molecular weight excluding hydrogens is 200 g/mol. The lowest BCUT2D eigenvalue weighted by Crippen LogP contribution is -2.36. The molecule has 0 bridgehead atoms. The number of rotatable bonds is 1. The van der Waals surface area contributed by atoms with Gasteiger partial charge in [0.05, 0.1) is 0 Å². The molecule has 3 nitrogen and oxygen atoms in total. The Balaban J connectivity index is 1.86. The van der Waals surface area contributed by atoms with Crippen LogP contribution in [-0.2, 0) is 4.79 Å². The molecule has 1 aliphatic carbocycles. The van der Waals surface area contributed by atoms with Gasteiger partial charge < -0.3 is 10.6 Å². The zero-order valence-electron chi connectivity index (χ0n) is 10.2. The Kier molecular flexibility index (Phi) is 4.22. The minimum Gasteiger partial charge on any atom is -0.341 e. The van der Waals surface area contributed by atoms with Gasteiger partial charge in [-0.1, -0.05) is 32.1 Å². The van der Waals surface area contributed by atoms with Crippen molar-refractivity contribution in [2.45, 2.75) is 57.4 Å². The van der Waals surface area contributed by atoms with Crippen molar-refractivity contribution in [1.29, 1.82) is 0 Å². The Morgan fingerprint density at radius 1 is 1.00 bits per heavy atom. The fourth-order valence-corrected chi connectivity index (χ4v) is 2.95. The zero-order valence-corrected chi connectivity index (χ0v) is 10.2. The van der Waals surface area contributed by atoms with Crippen LogP contribution in [0.5, 0.6) is 0 Å². The summed E-state index contributed by atoms with van der Waals surface area (Å²) >= 11 is 0. The summed E-state index contributed by atoms with van der Waals surface area (Å²) in [5.74, 6) is 0.681. The minimum atomic E-state index is 0.220. The molecule has 0 aromatic rings. The van der Waals surface area contributed by atoms with Crippen LogP contribution in [-0.4, -0.2) is 29.9 Å². The van der Waals surface area contributed by atoms with E-state index < -0.39 is 0 Å². The van der Waals surface area contributed by atoms with Gasteiger partial charge in [0.2, 0.25) is 5.91 Å². The maximum atomic E-state index is 12.3. The zero-order chi connectivity index (χ0) is 11.4. The molecule has 2 fully saturated rings. The summed E-state index contributed by atoms with van der Waals surface area (Å²) in [6.07, 6.45) is 9.63. The molecule has 2 rings (SSSR count). The number of nitrogens with two attached hydrogens (primary N) is 1. The lowest BCUT2D eigenvalue weighted by atomic mass is 9.90.